The Balaban J connectivity index is 2.39. The zero-order valence-electron chi connectivity index (χ0n) is 11.3. The Kier molecular flexibility index (Phi) is 3.93. The Morgan fingerprint density at radius 1 is 1.45 bits per heavy atom. The summed E-state index contributed by atoms with van der Waals surface area (Å²) < 4.78 is 0. The van der Waals surface area contributed by atoms with Crippen molar-refractivity contribution < 1.29 is 9.72 Å². The molecular formula is C14H15N3O3. The molecule has 6 nitrogen and oxygen atoms in total. The van der Waals surface area contributed by atoms with E-state index in [2.05, 4.69) is 10.2 Å². The van der Waals surface area contributed by atoms with E-state index in [-0.39, 0.29) is 17.4 Å². The molecule has 0 saturated heterocycles. The fourth-order valence-corrected chi connectivity index (χ4v) is 1.89. The van der Waals surface area contributed by atoms with Crippen LogP contribution in [0, 0.1) is 16.0 Å². The minimum Gasteiger partial charge on any atom is -0.292 e. The van der Waals surface area contributed by atoms with Crippen molar-refractivity contribution in [2.24, 2.45) is 5.92 Å². The summed E-state index contributed by atoms with van der Waals surface area (Å²) in [4.78, 5) is 22.6. The molecule has 1 aromatic carbocycles. The van der Waals surface area contributed by atoms with Crippen molar-refractivity contribution in [2.45, 2.75) is 20.3 Å². The second-order valence-electron chi connectivity index (χ2n) is 4.61. The first-order valence-electron chi connectivity index (χ1n) is 6.38. The number of aromatic nitrogens is 2. The van der Waals surface area contributed by atoms with E-state index >= 15 is 0 Å². The Morgan fingerprint density at radius 2 is 2.15 bits per heavy atom. The van der Waals surface area contributed by atoms with Crippen LogP contribution in [-0.4, -0.2) is 20.9 Å². The number of H-pyrrole nitrogens is 1. The number of hydrogen-bond donors (Lipinski definition) is 1. The molecular weight excluding hydrogens is 258 g/mol. The highest BCUT2D eigenvalue weighted by Crippen LogP contribution is 2.28. The highest BCUT2D eigenvalue weighted by molar-refractivity contribution is 5.96. The maximum Gasteiger partial charge on any atom is 0.278 e. The minimum absolute atomic E-state index is 0.0264. The van der Waals surface area contributed by atoms with E-state index in [1.54, 1.807) is 24.3 Å². The molecule has 0 saturated carbocycles. The summed E-state index contributed by atoms with van der Waals surface area (Å²) in [5.74, 6) is -0.140. The fourth-order valence-electron chi connectivity index (χ4n) is 1.89. The largest absolute Gasteiger partial charge is 0.292 e. The average molecular weight is 273 g/mol. The van der Waals surface area contributed by atoms with E-state index in [0.29, 0.717) is 17.0 Å². The lowest BCUT2D eigenvalue weighted by Gasteiger charge is -2.03. The van der Waals surface area contributed by atoms with Crippen LogP contribution in [0.3, 0.4) is 0 Å². The molecule has 0 aliphatic carbocycles. The lowest BCUT2D eigenvalue weighted by atomic mass is 10.0. The van der Waals surface area contributed by atoms with Crippen LogP contribution >= 0.6 is 0 Å². The molecule has 1 N–H and O–H groups in total. The van der Waals surface area contributed by atoms with E-state index in [9.17, 15) is 14.9 Å². The van der Waals surface area contributed by atoms with E-state index < -0.39 is 4.92 Å². The number of nitrogens with zero attached hydrogens (tertiary/aromatic N) is 2. The molecule has 1 aromatic heterocycles. The van der Waals surface area contributed by atoms with Crippen LogP contribution in [0.5, 0.6) is 0 Å². The second-order valence-corrected chi connectivity index (χ2v) is 4.61. The topological polar surface area (TPSA) is 88.9 Å². The first-order valence-corrected chi connectivity index (χ1v) is 6.38. The zero-order valence-corrected chi connectivity index (χ0v) is 11.3. The fraction of sp³-hybridized carbons (Fsp3) is 0.286. The summed E-state index contributed by atoms with van der Waals surface area (Å²) in [7, 11) is 0. The smallest absolute Gasteiger partial charge is 0.278 e. The van der Waals surface area contributed by atoms with Crippen molar-refractivity contribution in [1.29, 1.82) is 0 Å². The predicted octanol–water partition coefficient (Wildman–Crippen LogP) is 3.21. The van der Waals surface area contributed by atoms with Crippen molar-refractivity contribution in [2.75, 3.05) is 0 Å². The number of Topliss-reactive ketones (excluding diaryl/α,β-unsaturated/α-hetero) is 1. The van der Waals surface area contributed by atoms with Crippen LogP contribution in [0.25, 0.3) is 11.3 Å². The number of aromatic amines is 1. The first kappa shape index (κ1) is 13.9. The van der Waals surface area contributed by atoms with Crippen molar-refractivity contribution >= 4 is 11.5 Å². The highest BCUT2D eigenvalue weighted by atomic mass is 16.6. The molecule has 0 aliphatic heterocycles. The molecule has 0 amide bonds. The quantitative estimate of drug-likeness (QED) is 0.514. The van der Waals surface area contributed by atoms with Crippen LogP contribution < -0.4 is 0 Å². The Bertz CT molecular complexity index is 649. The molecule has 104 valence electrons. The van der Waals surface area contributed by atoms with E-state index in [0.717, 1.165) is 6.42 Å². The summed E-state index contributed by atoms with van der Waals surface area (Å²) in [6, 6.07) is 7.90. The van der Waals surface area contributed by atoms with Gasteiger partial charge >= 0.3 is 0 Å². The number of ketones is 1. The Morgan fingerprint density at radius 3 is 2.80 bits per heavy atom. The normalized spacial score (nSPS) is 12.1. The molecule has 0 fully saturated rings. The van der Waals surface area contributed by atoms with Crippen molar-refractivity contribution in [1.82, 2.24) is 10.2 Å². The van der Waals surface area contributed by atoms with Gasteiger partial charge in [0.25, 0.3) is 5.69 Å². The molecule has 1 heterocycles. The van der Waals surface area contributed by atoms with E-state index in [1.165, 1.54) is 6.07 Å². The van der Waals surface area contributed by atoms with Gasteiger partial charge in [-0.2, -0.15) is 5.10 Å². The van der Waals surface area contributed by atoms with Gasteiger partial charge in [0.1, 0.15) is 5.69 Å². The maximum absolute atomic E-state index is 12.0. The van der Waals surface area contributed by atoms with Crippen LogP contribution in [0.2, 0.25) is 0 Å². The summed E-state index contributed by atoms with van der Waals surface area (Å²) in [5.41, 5.74) is 1.16. The number of carbonyl (C=O) groups is 1. The lowest BCUT2D eigenvalue weighted by molar-refractivity contribution is -0.384. The van der Waals surface area contributed by atoms with Crippen LogP contribution in [0.1, 0.15) is 30.8 Å². The number of nitro benzene ring substituents is 1. The first-order chi connectivity index (χ1) is 9.54. The van der Waals surface area contributed by atoms with Crippen LogP contribution in [-0.2, 0) is 0 Å². The molecule has 0 radical (unpaired) electrons. The van der Waals surface area contributed by atoms with Crippen molar-refractivity contribution in [3.8, 4) is 11.3 Å². The molecule has 0 aliphatic rings. The molecule has 20 heavy (non-hydrogen) atoms. The van der Waals surface area contributed by atoms with Gasteiger partial charge in [0.2, 0.25) is 0 Å². The van der Waals surface area contributed by atoms with E-state index in [1.807, 2.05) is 13.8 Å². The number of nitrogens with one attached hydrogen (secondary N) is 1. The molecule has 1 atom stereocenters. The standard InChI is InChI=1S/C14H15N3O3/c1-3-9(2)14(18)12-8-11(15-16-12)10-6-4-5-7-13(10)17(19)20/h4-9H,3H2,1-2H3,(H,15,16). The lowest BCUT2D eigenvalue weighted by Crippen LogP contribution is -2.10. The SMILES string of the molecule is CCC(C)C(=O)c1cc(-c2ccccc2[N+](=O)[O-])n[nH]1. The third-order valence-corrected chi connectivity index (χ3v) is 3.28. The van der Waals surface area contributed by atoms with Gasteiger partial charge in [0.05, 0.1) is 16.2 Å². The van der Waals surface area contributed by atoms with Gasteiger partial charge in [-0.05, 0) is 18.6 Å². The Labute approximate surface area is 116 Å². The van der Waals surface area contributed by atoms with Crippen molar-refractivity contribution in [3.63, 3.8) is 0 Å². The predicted molar refractivity (Wildman–Crippen MR) is 74.5 cm³/mol. The second kappa shape index (κ2) is 5.64. The van der Waals surface area contributed by atoms with Gasteiger partial charge in [-0.1, -0.05) is 26.0 Å². The minimum atomic E-state index is -0.458. The summed E-state index contributed by atoms with van der Waals surface area (Å²) in [6.45, 7) is 3.77. The third kappa shape index (κ3) is 2.59. The number of para-hydroxylation sites is 1. The summed E-state index contributed by atoms with van der Waals surface area (Å²) >= 11 is 0. The summed E-state index contributed by atoms with van der Waals surface area (Å²) in [5, 5.41) is 17.7. The number of benzene rings is 1. The van der Waals surface area contributed by atoms with Crippen LogP contribution in [0.4, 0.5) is 5.69 Å². The van der Waals surface area contributed by atoms with Gasteiger partial charge in [0.15, 0.2) is 5.78 Å². The number of carbonyl (C=O) groups excluding carboxylic acids is 1. The Hall–Kier alpha value is -2.50. The monoisotopic (exact) mass is 273 g/mol. The zero-order chi connectivity index (χ0) is 14.7. The molecule has 1 unspecified atom stereocenters. The van der Waals surface area contributed by atoms with E-state index in [4.69, 9.17) is 0 Å². The maximum atomic E-state index is 12.0. The number of rotatable bonds is 5. The average Bonchev–Trinajstić information content (AvgIpc) is 2.95. The van der Waals surface area contributed by atoms with Gasteiger partial charge in [0, 0.05) is 12.0 Å². The van der Waals surface area contributed by atoms with Crippen molar-refractivity contribution in [3.05, 3.63) is 46.1 Å². The highest BCUT2D eigenvalue weighted by Gasteiger charge is 2.20. The molecule has 2 aromatic rings. The van der Waals surface area contributed by atoms with Gasteiger partial charge in [-0.15, -0.1) is 0 Å². The molecule has 0 bridgehead atoms. The molecule has 0 spiro atoms. The van der Waals surface area contributed by atoms with Gasteiger partial charge in [-0.3, -0.25) is 20.0 Å². The number of nitro groups is 1. The van der Waals surface area contributed by atoms with Crippen LogP contribution in [0.15, 0.2) is 30.3 Å². The summed E-state index contributed by atoms with van der Waals surface area (Å²) in [6.07, 6.45) is 0.735. The van der Waals surface area contributed by atoms with Gasteiger partial charge < -0.3 is 0 Å². The number of hydrogen-bond acceptors (Lipinski definition) is 4. The van der Waals surface area contributed by atoms with Gasteiger partial charge in [-0.25, -0.2) is 0 Å². The molecule has 2 rings (SSSR count). The third-order valence-electron chi connectivity index (χ3n) is 3.28. The molecule has 6 heteroatoms.